The van der Waals surface area contributed by atoms with Crippen LogP contribution in [0.2, 0.25) is 0 Å². The molecule has 0 saturated heterocycles. The Bertz CT molecular complexity index is 363. The van der Waals surface area contributed by atoms with Crippen LogP contribution >= 0.6 is 0 Å². The van der Waals surface area contributed by atoms with E-state index in [1.165, 1.54) is 14.2 Å². The largest absolute Gasteiger partial charge is 0.492 e. The minimum absolute atomic E-state index is 0.104. The van der Waals surface area contributed by atoms with Gasteiger partial charge in [-0.1, -0.05) is 0 Å². The summed E-state index contributed by atoms with van der Waals surface area (Å²) in [5.74, 6) is -0.306. The first kappa shape index (κ1) is 10.3. The van der Waals surface area contributed by atoms with Crippen LogP contribution in [0.15, 0.2) is 6.07 Å². The molecule has 0 unspecified atom stereocenters. The monoisotopic (exact) mass is 196 g/mol. The van der Waals surface area contributed by atoms with Crippen molar-refractivity contribution in [1.82, 2.24) is 4.98 Å². The zero-order valence-corrected chi connectivity index (χ0v) is 8.33. The second kappa shape index (κ2) is 3.95. The Morgan fingerprint density at radius 3 is 2.64 bits per heavy atom. The van der Waals surface area contributed by atoms with Crippen molar-refractivity contribution in [3.05, 3.63) is 17.5 Å². The van der Waals surface area contributed by atoms with Gasteiger partial charge in [-0.3, -0.25) is 0 Å². The van der Waals surface area contributed by atoms with Gasteiger partial charge in [-0.15, -0.1) is 0 Å². The van der Waals surface area contributed by atoms with Crippen molar-refractivity contribution in [2.24, 2.45) is 0 Å². The van der Waals surface area contributed by atoms with Gasteiger partial charge in [0.05, 0.1) is 19.9 Å². The fraction of sp³-hybridized carbons (Fsp3) is 0.333. The summed E-state index contributed by atoms with van der Waals surface area (Å²) in [7, 11) is 2.71. The molecule has 5 heteroatoms. The Labute approximate surface area is 81.8 Å². The zero-order chi connectivity index (χ0) is 10.7. The number of pyridine rings is 1. The number of nitrogens with two attached hydrogens (primary N) is 1. The van der Waals surface area contributed by atoms with Crippen LogP contribution in [0.1, 0.15) is 16.2 Å². The fourth-order valence-electron chi connectivity index (χ4n) is 1.14. The molecule has 0 spiro atoms. The van der Waals surface area contributed by atoms with E-state index in [0.717, 1.165) is 0 Å². The molecule has 0 aliphatic heterocycles. The minimum Gasteiger partial charge on any atom is -0.492 e. The van der Waals surface area contributed by atoms with Crippen LogP contribution in [0.4, 0.5) is 5.69 Å². The lowest BCUT2D eigenvalue weighted by Gasteiger charge is -2.09. The summed E-state index contributed by atoms with van der Waals surface area (Å²) in [6.45, 7) is 1.74. The third-order valence-electron chi connectivity index (χ3n) is 1.71. The molecule has 0 aliphatic rings. The molecule has 0 atom stereocenters. The first-order chi connectivity index (χ1) is 6.60. The normalized spacial score (nSPS) is 9.64. The molecule has 1 aromatic heterocycles. The summed E-state index contributed by atoms with van der Waals surface area (Å²) in [5, 5.41) is 0. The highest BCUT2D eigenvalue weighted by Gasteiger charge is 2.17. The molecule has 0 fully saturated rings. The van der Waals surface area contributed by atoms with Gasteiger partial charge in [-0.25, -0.2) is 9.78 Å². The molecule has 0 aliphatic carbocycles. The number of esters is 1. The van der Waals surface area contributed by atoms with E-state index in [1.807, 2.05) is 0 Å². The first-order valence-electron chi connectivity index (χ1n) is 3.99. The van der Waals surface area contributed by atoms with E-state index in [-0.39, 0.29) is 11.4 Å². The zero-order valence-electron chi connectivity index (χ0n) is 8.33. The van der Waals surface area contributed by atoms with Gasteiger partial charge >= 0.3 is 5.97 Å². The summed E-state index contributed by atoms with van der Waals surface area (Å²) in [6, 6.07) is 1.63. The number of rotatable bonds is 2. The van der Waals surface area contributed by atoms with Crippen LogP contribution in [0.3, 0.4) is 0 Å². The van der Waals surface area contributed by atoms with Gasteiger partial charge in [-0.05, 0) is 13.0 Å². The lowest BCUT2D eigenvalue weighted by atomic mass is 10.2. The van der Waals surface area contributed by atoms with Crippen molar-refractivity contribution in [2.75, 3.05) is 20.0 Å². The lowest BCUT2D eigenvalue weighted by Crippen LogP contribution is -2.09. The van der Waals surface area contributed by atoms with E-state index in [4.69, 9.17) is 10.5 Å². The Hall–Kier alpha value is -1.78. The van der Waals surface area contributed by atoms with E-state index in [1.54, 1.807) is 13.0 Å². The summed E-state index contributed by atoms with van der Waals surface area (Å²) in [4.78, 5) is 15.3. The topological polar surface area (TPSA) is 74.4 Å². The molecule has 1 heterocycles. The van der Waals surface area contributed by atoms with Crippen molar-refractivity contribution < 1.29 is 14.3 Å². The number of anilines is 1. The van der Waals surface area contributed by atoms with Crippen LogP contribution in [-0.4, -0.2) is 25.2 Å². The number of aryl methyl sites for hydroxylation is 1. The van der Waals surface area contributed by atoms with E-state index in [9.17, 15) is 4.79 Å². The average Bonchev–Trinajstić information content (AvgIpc) is 2.15. The molecule has 5 nitrogen and oxygen atoms in total. The maximum atomic E-state index is 11.3. The van der Waals surface area contributed by atoms with Crippen LogP contribution in [0.25, 0.3) is 0 Å². The predicted molar refractivity (Wildman–Crippen MR) is 51.3 cm³/mol. The number of hydrogen-bond donors (Lipinski definition) is 1. The Morgan fingerprint density at radius 2 is 2.14 bits per heavy atom. The van der Waals surface area contributed by atoms with Gasteiger partial charge < -0.3 is 15.2 Å². The number of nitrogens with zero attached hydrogens (tertiary/aromatic N) is 1. The van der Waals surface area contributed by atoms with Crippen molar-refractivity contribution in [3.8, 4) is 5.75 Å². The van der Waals surface area contributed by atoms with E-state index in [2.05, 4.69) is 9.72 Å². The summed E-state index contributed by atoms with van der Waals surface area (Å²) >= 11 is 0. The van der Waals surface area contributed by atoms with Gasteiger partial charge in [0.15, 0.2) is 11.4 Å². The molecule has 0 aromatic carbocycles. The quantitative estimate of drug-likeness (QED) is 0.707. The highest BCUT2D eigenvalue weighted by atomic mass is 16.5. The molecule has 0 saturated carbocycles. The lowest BCUT2D eigenvalue weighted by molar-refractivity contribution is 0.0590. The van der Waals surface area contributed by atoms with Gasteiger partial charge in [0.1, 0.15) is 0 Å². The number of ether oxygens (including phenoxy) is 2. The van der Waals surface area contributed by atoms with Gasteiger partial charge in [0.25, 0.3) is 0 Å². The number of nitrogen functional groups attached to an aromatic ring is 1. The fourth-order valence-corrected chi connectivity index (χ4v) is 1.14. The standard InChI is InChI=1S/C9H12N2O3/c1-5-4-6(10)8(13-2)7(11-5)9(12)14-3/h4H,1-3H3,(H2,10,11). The van der Waals surface area contributed by atoms with Crippen LogP contribution < -0.4 is 10.5 Å². The molecule has 0 amide bonds. The number of methoxy groups -OCH3 is 2. The Kier molecular flexibility index (Phi) is 2.91. The van der Waals surface area contributed by atoms with Crippen LogP contribution in [-0.2, 0) is 4.74 Å². The Balaban J connectivity index is 3.32. The van der Waals surface area contributed by atoms with Crippen molar-refractivity contribution >= 4 is 11.7 Å². The highest BCUT2D eigenvalue weighted by Crippen LogP contribution is 2.25. The number of carbonyl (C=O) groups excluding carboxylic acids is 1. The number of hydrogen-bond acceptors (Lipinski definition) is 5. The Morgan fingerprint density at radius 1 is 1.50 bits per heavy atom. The van der Waals surface area contributed by atoms with Crippen LogP contribution in [0.5, 0.6) is 5.75 Å². The second-order valence-electron chi connectivity index (χ2n) is 2.73. The molecule has 76 valence electrons. The smallest absolute Gasteiger partial charge is 0.360 e. The van der Waals surface area contributed by atoms with Crippen molar-refractivity contribution in [3.63, 3.8) is 0 Å². The molecular weight excluding hydrogens is 184 g/mol. The van der Waals surface area contributed by atoms with Gasteiger partial charge in [-0.2, -0.15) is 0 Å². The third kappa shape index (κ3) is 1.76. The maximum Gasteiger partial charge on any atom is 0.360 e. The highest BCUT2D eigenvalue weighted by molar-refractivity contribution is 5.92. The average molecular weight is 196 g/mol. The number of aromatic nitrogens is 1. The first-order valence-corrected chi connectivity index (χ1v) is 3.99. The van der Waals surface area contributed by atoms with Gasteiger partial charge in [0.2, 0.25) is 0 Å². The molecule has 14 heavy (non-hydrogen) atoms. The van der Waals surface area contributed by atoms with E-state index < -0.39 is 5.97 Å². The number of carbonyl (C=O) groups is 1. The summed E-state index contributed by atoms with van der Waals surface area (Å²) in [6.07, 6.45) is 0. The van der Waals surface area contributed by atoms with E-state index >= 15 is 0 Å². The molecule has 1 aromatic rings. The van der Waals surface area contributed by atoms with Gasteiger partial charge in [0, 0.05) is 5.69 Å². The SMILES string of the molecule is COC(=O)c1nc(C)cc(N)c1OC. The molecule has 0 bridgehead atoms. The second-order valence-corrected chi connectivity index (χ2v) is 2.73. The minimum atomic E-state index is -0.558. The van der Waals surface area contributed by atoms with Crippen molar-refractivity contribution in [1.29, 1.82) is 0 Å². The maximum absolute atomic E-state index is 11.3. The predicted octanol–water partition coefficient (Wildman–Crippen LogP) is 0.767. The van der Waals surface area contributed by atoms with E-state index in [0.29, 0.717) is 11.4 Å². The third-order valence-corrected chi connectivity index (χ3v) is 1.71. The summed E-state index contributed by atoms with van der Waals surface area (Å²) in [5.41, 5.74) is 6.77. The molecule has 1 rings (SSSR count). The molecule has 2 N–H and O–H groups in total. The molecule has 0 radical (unpaired) electrons. The van der Waals surface area contributed by atoms with Crippen LogP contribution in [0, 0.1) is 6.92 Å². The summed E-state index contributed by atoms with van der Waals surface area (Å²) < 4.78 is 9.52. The van der Waals surface area contributed by atoms with Crippen molar-refractivity contribution in [2.45, 2.75) is 6.92 Å². The molecular formula is C9H12N2O3.